The van der Waals surface area contributed by atoms with Crippen LogP contribution in [0.2, 0.25) is 0 Å². The van der Waals surface area contributed by atoms with Crippen molar-refractivity contribution in [3.8, 4) is 0 Å². The Kier molecular flexibility index (Phi) is 5.15. The lowest BCUT2D eigenvalue weighted by atomic mass is 10.0. The molecule has 0 bridgehead atoms. The molecule has 1 unspecified atom stereocenters. The Hall–Kier alpha value is -1.65. The molecule has 2 aromatic carbocycles. The lowest BCUT2D eigenvalue weighted by Gasteiger charge is -2.13. The fourth-order valence-electron chi connectivity index (χ4n) is 2.28. The summed E-state index contributed by atoms with van der Waals surface area (Å²) in [5.41, 5.74) is 8.17. The molecule has 2 aromatic rings. The van der Waals surface area contributed by atoms with Gasteiger partial charge in [-0.25, -0.2) is 8.42 Å². The monoisotopic (exact) mass is 303 g/mol. The average molecular weight is 303 g/mol. The fraction of sp³-hybridized carbons (Fsp3) is 0.294. The van der Waals surface area contributed by atoms with Crippen LogP contribution in [0.4, 0.5) is 0 Å². The minimum atomic E-state index is -3.35. The molecule has 0 aliphatic carbocycles. The fourth-order valence-corrected chi connectivity index (χ4v) is 3.71. The number of rotatable bonds is 6. The van der Waals surface area contributed by atoms with Crippen LogP contribution in [0.25, 0.3) is 0 Å². The third-order valence-corrected chi connectivity index (χ3v) is 5.24. The molecule has 2 rings (SSSR count). The van der Waals surface area contributed by atoms with Crippen LogP contribution in [0.5, 0.6) is 0 Å². The molecule has 0 aliphatic heterocycles. The average Bonchev–Trinajstić information content (AvgIpc) is 2.49. The molecule has 4 heteroatoms. The Bertz CT molecular complexity index is 664. The van der Waals surface area contributed by atoms with Crippen molar-refractivity contribution in [3.05, 3.63) is 65.7 Å². The van der Waals surface area contributed by atoms with Gasteiger partial charge in [0.25, 0.3) is 0 Å². The van der Waals surface area contributed by atoms with E-state index in [1.807, 2.05) is 24.3 Å². The van der Waals surface area contributed by atoms with E-state index in [0.29, 0.717) is 4.90 Å². The second-order valence-electron chi connectivity index (χ2n) is 5.19. The van der Waals surface area contributed by atoms with Gasteiger partial charge in [-0.3, -0.25) is 0 Å². The zero-order chi connectivity index (χ0) is 15.3. The summed E-state index contributed by atoms with van der Waals surface area (Å²) in [5.74, 6) is -0.0792. The molecule has 2 N–H and O–H groups in total. The highest BCUT2D eigenvalue weighted by Gasteiger charge is 2.19. The summed E-state index contributed by atoms with van der Waals surface area (Å²) in [6.07, 6.45) is 2.12. The molecule has 112 valence electrons. The quantitative estimate of drug-likeness (QED) is 0.892. The highest BCUT2D eigenvalue weighted by atomic mass is 32.2. The van der Waals surface area contributed by atoms with Gasteiger partial charge in [-0.1, -0.05) is 55.8 Å². The van der Waals surface area contributed by atoms with Crippen LogP contribution in [0.1, 0.15) is 30.5 Å². The molecule has 21 heavy (non-hydrogen) atoms. The Morgan fingerprint density at radius 2 is 1.62 bits per heavy atom. The molecular formula is C17H21NO2S. The number of nitrogens with two attached hydrogens (primary N) is 1. The van der Waals surface area contributed by atoms with Gasteiger partial charge in [0.15, 0.2) is 9.84 Å². The zero-order valence-corrected chi connectivity index (χ0v) is 13.0. The number of sulfone groups is 1. The highest BCUT2D eigenvalue weighted by Crippen LogP contribution is 2.19. The molecule has 0 saturated carbocycles. The minimum Gasteiger partial charge on any atom is -0.323 e. The smallest absolute Gasteiger partial charge is 0.180 e. The number of benzene rings is 2. The van der Waals surface area contributed by atoms with Crippen molar-refractivity contribution in [1.29, 1.82) is 0 Å². The Morgan fingerprint density at radius 1 is 1.00 bits per heavy atom. The van der Waals surface area contributed by atoms with Crippen molar-refractivity contribution in [2.24, 2.45) is 5.73 Å². The van der Waals surface area contributed by atoms with Gasteiger partial charge in [0.2, 0.25) is 0 Å². The summed E-state index contributed by atoms with van der Waals surface area (Å²) in [6.45, 7) is 2.13. The number of hydrogen-bond donors (Lipinski definition) is 1. The van der Waals surface area contributed by atoms with Crippen molar-refractivity contribution in [2.45, 2.75) is 30.7 Å². The molecule has 0 amide bonds. The van der Waals surface area contributed by atoms with Crippen molar-refractivity contribution >= 4 is 9.84 Å². The van der Waals surface area contributed by atoms with Crippen LogP contribution < -0.4 is 5.73 Å². The largest absolute Gasteiger partial charge is 0.323 e. The first-order valence-corrected chi connectivity index (χ1v) is 8.80. The third kappa shape index (κ3) is 4.16. The zero-order valence-electron chi connectivity index (χ0n) is 12.2. The predicted molar refractivity (Wildman–Crippen MR) is 85.9 cm³/mol. The molecule has 0 saturated heterocycles. The second kappa shape index (κ2) is 6.87. The van der Waals surface area contributed by atoms with E-state index in [1.54, 1.807) is 30.3 Å². The lowest BCUT2D eigenvalue weighted by molar-refractivity contribution is 0.589. The molecule has 0 spiro atoms. The van der Waals surface area contributed by atoms with Crippen LogP contribution in [-0.4, -0.2) is 14.2 Å². The van der Waals surface area contributed by atoms with Crippen molar-refractivity contribution in [3.63, 3.8) is 0 Å². The van der Waals surface area contributed by atoms with Gasteiger partial charge in [0, 0.05) is 6.04 Å². The molecule has 3 nitrogen and oxygen atoms in total. The predicted octanol–water partition coefficient (Wildman–Crippen LogP) is 3.11. The summed E-state index contributed by atoms with van der Waals surface area (Å²) < 4.78 is 24.6. The molecule has 0 aliphatic rings. The van der Waals surface area contributed by atoms with E-state index in [-0.39, 0.29) is 5.75 Å². The van der Waals surface area contributed by atoms with Crippen LogP contribution in [0.15, 0.2) is 59.5 Å². The summed E-state index contributed by atoms with van der Waals surface area (Å²) in [5, 5.41) is 0. The Morgan fingerprint density at radius 3 is 2.19 bits per heavy atom. The van der Waals surface area contributed by atoms with Crippen LogP contribution >= 0.6 is 0 Å². The SMILES string of the molecule is CCCc1ccc(C(N)CS(=O)(=O)c2ccccc2)cc1. The van der Waals surface area contributed by atoms with E-state index in [9.17, 15) is 8.42 Å². The van der Waals surface area contributed by atoms with E-state index in [4.69, 9.17) is 5.73 Å². The number of hydrogen-bond acceptors (Lipinski definition) is 3. The van der Waals surface area contributed by atoms with E-state index < -0.39 is 15.9 Å². The maximum Gasteiger partial charge on any atom is 0.180 e. The summed E-state index contributed by atoms with van der Waals surface area (Å²) in [4.78, 5) is 0.322. The maximum atomic E-state index is 12.3. The van der Waals surface area contributed by atoms with E-state index in [0.717, 1.165) is 18.4 Å². The normalized spacial score (nSPS) is 13.0. The molecule has 0 fully saturated rings. The molecule has 1 atom stereocenters. The Labute approximate surface area is 126 Å². The van der Waals surface area contributed by atoms with E-state index >= 15 is 0 Å². The van der Waals surface area contributed by atoms with E-state index in [2.05, 4.69) is 6.92 Å². The van der Waals surface area contributed by atoms with Crippen LogP contribution in [-0.2, 0) is 16.3 Å². The summed E-state index contributed by atoms with van der Waals surface area (Å²) in [6, 6.07) is 15.8. The van der Waals surface area contributed by atoms with Gasteiger partial charge in [0.1, 0.15) is 0 Å². The van der Waals surface area contributed by atoms with Crippen LogP contribution in [0.3, 0.4) is 0 Å². The first kappa shape index (κ1) is 15.7. The van der Waals surface area contributed by atoms with Gasteiger partial charge >= 0.3 is 0 Å². The lowest BCUT2D eigenvalue weighted by Crippen LogP contribution is -2.21. The Balaban J connectivity index is 2.12. The minimum absolute atomic E-state index is 0.0792. The first-order valence-electron chi connectivity index (χ1n) is 7.15. The van der Waals surface area contributed by atoms with Crippen molar-refractivity contribution in [2.75, 3.05) is 5.75 Å². The number of aryl methyl sites for hydroxylation is 1. The molecule has 0 radical (unpaired) electrons. The second-order valence-corrected chi connectivity index (χ2v) is 7.23. The summed E-state index contributed by atoms with van der Waals surface area (Å²) >= 11 is 0. The standard InChI is InChI=1S/C17H21NO2S/c1-2-6-14-9-11-15(12-10-14)17(18)13-21(19,20)16-7-4-3-5-8-16/h3-5,7-12,17H,2,6,13,18H2,1H3. The van der Waals surface area contributed by atoms with Crippen molar-refractivity contribution < 1.29 is 8.42 Å². The molecule has 0 heterocycles. The topological polar surface area (TPSA) is 60.2 Å². The van der Waals surface area contributed by atoms with Gasteiger partial charge < -0.3 is 5.73 Å². The van der Waals surface area contributed by atoms with Gasteiger partial charge in [-0.2, -0.15) is 0 Å². The summed E-state index contributed by atoms with van der Waals surface area (Å²) in [7, 11) is -3.35. The molecule has 0 aromatic heterocycles. The first-order chi connectivity index (χ1) is 10.0. The van der Waals surface area contributed by atoms with Crippen molar-refractivity contribution in [1.82, 2.24) is 0 Å². The molecular weight excluding hydrogens is 282 g/mol. The van der Waals surface area contributed by atoms with Gasteiger partial charge in [0.05, 0.1) is 10.6 Å². The maximum absolute atomic E-state index is 12.3. The van der Waals surface area contributed by atoms with Gasteiger partial charge in [-0.05, 0) is 29.7 Å². The highest BCUT2D eigenvalue weighted by molar-refractivity contribution is 7.91. The van der Waals surface area contributed by atoms with Crippen LogP contribution in [0, 0.1) is 0 Å². The third-order valence-electron chi connectivity index (χ3n) is 3.45. The van der Waals surface area contributed by atoms with Gasteiger partial charge in [-0.15, -0.1) is 0 Å². The van der Waals surface area contributed by atoms with E-state index in [1.165, 1.54) is 5.56 Å².